The summed E-state index contributed by atoms with van der Waals surface area (Å²) in [5.41, 5.74) is 0.702. The fourth-order valence-corrected chi connectivity index (χ4v) is 4.79. The molecule has 0 unspecified atom stereocenters. The van der Waals surface area contributed by atoms with Crippen molar-refractivity contribution in [2.24, 2.45) is 5.92 Å². The van der Waals surface area contributed by atoms with Crippen molar-refractivity contribution in [1.29, 1.82) is 0 Å². The van der Waals surface area contributed by atoms with E-state index >= 15 is 0 Å². The zero-order valence-electron chi connectivity index (χ0n) is 13.6. The van der Waals surface area contributed by atoms with Gasteiger partial charge in [0.05, 0.1) is 11.5 Å². The SMILES string of the molecule is O=S(=O)(Cc1ccccc1Oc1ccccc1)CC1CCOCC1. The fourth-order valence-electron chi connectivity index (χ4n) is 2.91. The Bertz CT molecular complexity index is 750. The molecule has 0 aromatic heterocycles. The van der Waals surface area contributed by atoms with Crippen LogP contribution in [-0.4, -0.2) is 27.4 Å². The van der Waals surface area contributed by atoms with E-state index in [0.29, 0.717) is 30.3 Å². The van der Waals surface area contributed by atoms with E-state index in [9.17, 15) is 8.42 Å². The first-order valence-electron chi connectivity index (χ1n) is 8.21. The van der Waals surface area contributed by atoms with Crippen molar-refractivity contribution in [1.82, 2.24) is 0 Å². The van der Waals surface area contributed by atoms with Crippen LogP contribution in [-0.2, 0) is 20.3 Å². The molecule has 0 aliphatic carbocycles. The van der Waals surface area contributed by atoms with Gasteiger partial charge in [-0.2, -0.15) is 0 Å². The van der Waals surface area contributed by atoms with Crippen molar-refractivity contribution in [3.8, 4) is 11.5 Å². The van der Waals surface area contributed by atoms with Crippen molar-refractivity contribution in [3.63, 3.8) is 0 Å². The van der Waals surface area contributed by atoms with Gasteiger partial charge in [-0.15, -0.1) is 0 Å². The van der Waals surface area contributed by atoms with Crippen LogP contribution < -0.4 is 4.74 Å². The molecule has 1 heterocycles. The second kappa shape index (κ2) is 7.81. The maximum atomic E-state index is 12.6. The van der Waals surface area contributed by atoms with E-state index in [1.54, 1.807) is 0 Å². The van der Waals surface area contributed by atoms with Gasteiger partial charge in [0.2, 0.25) is 0 Å². The summed E-state index contributed by atoms with van der Waals surface area (Å²) in [6.45, 7) is 1.32. The highest BCUT2D eigenvalue weighted by Crippen LogP contribution is 2.27. The molecule has 0 N–H and O–H groups in total. The summed E-state index contributed by atoms with van der Waals surface area (Å²) in [6, 6.07) is 16.7. The third kappa shape index (κ3) is 4.82. The molecule has 1 aliphatic rings. The van der Waals surface area contributed by atoms with E-state index < -0.39 is 9.84 Å². The maximum absolute atomic E-state index is 12.6. The molecule has 0 atom stereocenters. The molecule has 4 nitrogen and oxygen atoms in total. The molecule has 0 spiro atoms. The van der Waals surface area contributed by atoms with Gasteiger partial charge < -0.3 is 9.47 Å². The van der Waals surface area contributed by atoms with Crippen molar-refractivity contribution in [2.45, 2.75) is 18.6 Å². The van der Waals surface area contributed by atoms with Crippen LogP contribution in [0.4, 0.5) is 0 Å². The molecule has 1 fully saturated rings. The normalized spacial score (nSPS) is 16.0. The molecule has 0 amide bonds. The maximum Gasteiger partial charge on any atom is 0.154 e. The first-order chi connectivity index (χ1) is 11.6. The highest BCUT2D eigenvalue weighted by Gasteiger charge is 2.23. The lowest BCUT2D eigenvalue weighted by Crippen LogP contribution is -2.24. The summed E-state index contributed by atoms with van der Waals surface area (Å²) in [5, 5.41) is 0. The lowest BCUT2D eigenvalue weighted by Gasteiger charge is -2.22. The average molecular weight is 346 g/mol. The number of para-hydroxylation sites is 2. The molecule has 5 heteroatoms. The Kier molecular flexibility index (Phi) is 5.53. The minimum atomic E-state index is -3.18. The molecular formula is C19H22O4S. The van der Waals surface area contributed by atoms with E-state index in [4.69, 9.17) is 9.47 Å². The first kappa shape index (κ1) is 17.0. The fraction of sp³-hybridized carbons (Fsp3) is 0.368. The summed E-state index contributed by atoms with van der Waals surface area (Å²) in [4.78, 5) is 0. The Morgan fingerprint density at radius 1 is 0.958 bits per heavy atom. The van der Waals surface area contributed by atoms with Crippen LogP contribution in [0.15, 0.2) is 54.6 Å². The van der Waals surface area contributed by atoms with Crippen LogP contribution in [0.1, 0.15) is 18.4 Å². The minimum absolute atomic E-state index is 0.00731. The number of hydrogen-bond acceptors (Lipinski definition) is 4. The quantitative estimate of drug-likeness (QED) is 0.798. The van der Waals surface area contributed by atoms with Gasteiger partial charge in [-0.25, -0.2) is 8.42 Å². The van der Waals surface area contributed by atoms with Crippen LogP contribution in [0.2, 0.25) is 0 Å². The Hall–Kier alpha value is -1.85. The molecule has 1 aliphatic heterocycles. The predicted molar refractivity (Wildman–Crippen MR) is 94.0 cm³/mol. The molecular weight excluding hydrogens is 324 g/mol. The number of rotatable bonds is 6. The molecule has 0 saturated carbocycles. The van der Waals surface area contributed by atoms with E-state index in [1.165, 1.54) is 0 Å². The lowest BCUT2D eigenvalue weighted by atomic mass is 10.0. The van der Waals surface area contributed by atoms with Crippen molar-refractivity contribution < 1.29 is 17.9 Å². The topological polar surface area (TPSA) is 52.6 Å². The first-order valence-corrected chi connectivity index (χ1v) is 10.0. The zero-order valence-corrected chi connectivity index (χ0v) is 14.4. The summed E-state index contributed by atoms with van der Waals surface area (Å²) in [5.74, 6) is 1.72. The second-order valence-electron chi connectivity index (χ2n) is 6.13. The number of hydrogen-bond donors (Lipinski definition) is 0. The van der Waals surface area contributed by atoms with Crippen molar-refractivity contribution in [3.05, 3.63) is 60.2 Å². The van der Waals surface area contributed by atoms with Crippen LogP contribution >= 0.6 is 0 Å². The van der Waals surface area contributed by atoms with E-state index in [-0.39, 0.29) is 17.4 Å². The van der Waals surface area contributed by atoms with Crippen molar-refractivity contribution in [2.75, 3.05) is 19.0 Å². The highest BCUT2D eigenvalue weighted by molar-refractivity contribution is 7.90. The molecule has 0 bridgehead atoms. The minimum Gasteiger partial charge on any atom is -0.457 e. The van der Waals surface area contributed by atoms with Gasteiger partial charge in [-0.05, 0) is 37.0 Å². The Balaban J connectivity index is 1.72. The van der Waals surface area contributed by atoms with E-state index in [1.807, 2.05) is 54.6 Å². The molecule has 128 valence electrons. The Morgan fingerprint density at radius 2 is 1.62 bits per heavy atom. The Labute approximate surface area is 143 Å². The third-order valence-electron chi connectivity index (χ3n) is 4.15. The Morgan fingerprint density at radius 3 is 2.38 bits per heavy atom. The second-order valence-corrected chi connectivity index (χ2v) is 8.24. The van der Waals surface area contributed by atoms with Gasteiger partial charge in [-0.3, -0.25) is 0 Å². The molecule has 2 aromatic carbocycles. The monoisotopic (exact) mass is 346 g/mol. The number of ether oxygens (including phenoxy) is 2. The molecule has 1 saturated heterocycles. The zero-order chi connectivity index (χ0) is 16.8. The molecule has 0 radical (unpaired) electrons. The average Bonchev–Trinajstić information content (AvgIpc) is 2.58. The predicted octanol–water partition coefficient (Wildman–Crippen LogP) is 3.82. The van der Waals surface area contributed by atoms with Gasteiger partial charge in [0.15, 0.2) is 9.84 Å². The summed E-state index contributed by atoms with van der Waals surface area (Å²) in [7, 11) is -3.18. The number of sulfone groups is 1. The third-order valence-corrected chi connectivity index (χ3v) is 5.88. The highest BCUT2D eigenvalue weighted by atomic mass is 32.2. The van der Waals surface area contributed by atoms with Gasteiger partial charge in [0, 0.05) is 18.8 Å². The number of benzene rings is 2. The summed E-state index contributed by atoms with van der Waals surface area (Å²) < 4.78 is 36.3. The smallest absolute Gasteiger partial charge is 0.154 e. The summed E-state index contributed by atoms with van der Waals surface area (Å²) in [6.07, 6.45) is 1.64. The lowest BCUT2D eigenvalue weighted by molar-refractivity contribution is 0.0723. The standard InChI is InChI=1S/C19H22O4S/c20-24(21,14-16-10-12-22-13-11-16)15-17-6-4-5-9-19(17)23-18-7-2-1-3-8-18/h1-9,16H,10-15H2. The molecule has 2 aromatic rings. The van der Waals surface area contributed by atoms with Gasteiger partial charge in [0.1, 0.15) is 11.5 Å². The van der Waals surface area contributed by atoms with Crippen LogP contribution in [0.5, 0.6) is 11.5 Å². The largest absolute Gasteiger partial charge is 0.457 e. The van der Waals surface area contributed by atoms with E-state index in [0.717, 1.165) is 12.8 Å². The summed E-state index contributed by atoms with van der Waals surface area (Å²) >= 11 is 0. The molecule has 24 heavy (non-hydrogen) atoms. The van der Waals surface area contributed by atoms with E-state index in [2.05, 4.69) is 0 Å². The van der Waals surface area contributed by atoms with Gasteiger partial charge in [0.25, 0.3) is 0 Å². The molecule has 3 rings (SSSR count). The van der Waals surface area contributed by atoms with Gasteiger partial charge >= 0.3 is 0 Å². The van der Waals surface area contributed by atoms with Crippen LogP contribution in [0.25, 0.3) is 0 Å². The van der Waals surface area contributed by atoms with Crippen LogP contribution in [0, 0.1) is 5.92 Å². The van der Waals surface area contributed by atoms with Crippen LogP contribution in [0.3, 0.4) is 0 Å². The van der Waals surface area contributed by atoms with Gasteiger partial charge in [-0.1, -0.05) is 36.4 Å². The van der Waals surface area contributed by atoms with Crippen molar-refractivity contribution >= 4 is 9.84 Å².